The van der Waals surface area contributed by atoms with Crippen molar-refractivity contribution < 1.29 is 4.79 Å². The number of pyridine rings is 1. The first-order chi connectivity index (χ1) is 12.7. The van der Waals surface area contributed by atoms with E-state index in [0.717, 1.165) is 27.3 Å². The van der Waals surface area contributed by atoms with Crippen LogP contribution < -0.4 is 10.6 Å². The Morgan fingerprint density at radius 2 is 1.92 bits per heavy atom. The van der Waals surface area contributed by atoms with E-state index >= 15 is 0 Å². The van der Waals surface area contributed by atoms with Crippen LogP contribution in [0, 0.1) is 0 Å². The molecule has 5 nitrogen and oxygen atoms in total. The minimum absolute atomic E-state index is 0.176. The van der Waals surface area contributed by atoms with Crippen LogP contribution in [0.1, 0.15) is 15.4 Å². The van der Waals surface area contributed by atoms with Crippen molar-refractivity contribution in [3.63, 3.8) is 0 Å². The summed E-state index contributed by atoms with van der Waals surface area (Å²) in [5.41, 5.74) is 3.48. The fraction of sp³-hybridized carbons (Fsp3) is 0.100. The van der Waals surface area contributed by atoms with Crippen LogP contribution in [-0.2, 0) is 6.54 Å². The number of carbonyl (C=O) groups is 1. The number of anilines is 1. The molecule has 26 heavy (non-hydrogen) atoms. The highest BCUT2D eigenvalue weighted by Gasteiger charge is 2.14. The number of fused-ring (bicyclic) bond motifs is 1. The lowest BCUT2D eigenvalue weighted by Gasteiger charge is -2.08. The van der Waals surface area contributed by atoms with E-state index in [2.05, 4.69) is 27.9 Å². The fourth-order valence-corrected chi connectivity index (χ4v) is 3.50. The van der Waals surface area contributed by atoms with Crippen LogP contribution in [0.3, 0.4) is 0 Å². The molecule has 0 bridgehead atoms. The predicted octanol–water partition coefficient (Wildman–Crippen LogP) is 4.03. The lowest BCUT2D eigenvalue weighted by molar-refractivity contribution is 0.0946. The molecule has 3 aromatic heterocycles. The molecule has 0 fully saturated rings. The number of nitrogens with one attached hydrogen (secondary N) is 2. The number of thiophene rings is 1. The minimum atomic E-state index is -0.176. The first kappa shape index (κ1) is 16.4. The van der Waals surface area contributed by atoms with E-state index in [1.165, 1.54) is 0 Å². The maximum Gasteiger partial charge on any atom is 0.272 e. The van der Waals surface area contributed by atoms with Gasteiger partial charge in [0.15, 0.2) is 5.69 Å². The largest absolute Gasteiger partial charge is 0.373 e. The van der Waals surface area contributed by atoms with Gasteiger partial charge in [-0.25, -0.2) is 4.52 Å². The Morgan fingerprint density at radius 1 is 1.08 bits per heavy atom. The highest BCUT2D eigenvalue weighted by molar-refractivity contribution is 7.09. The van der Waals surface area contributed by atoms with Crippen LogP contribution in [-0.4, -0.2) is 22.6 Å². The average molecular weight is 362 g/mol. The normalized spacial score (nSPS) is 10.8. The van der Waals surface area contributed by atoms with Gasteiger partial charge in [-0.2, -0.15) is 5.10 Å². The first-order valence-corrected chi connectivity index (χ1v) is 9.20. The Balaban J connectivity index is 1.66. The van der Waals surface area contributed by atoms with E-state index < -0.39 is 0 Å². The van der Waals surface area contributed by atoms with Crippen molar-refractivity contribution in [1.29, 1.82) is 0 Å². The smallest absolute Gasteiger partial charge is 0.272 e. The summed E-state index contributed by atoms with van der Waals surface area (Å²) in [7, 11) is 1.85. The minimum Gasteiger partial charge on any atom is -0.373 e. The highest BCUT2D eigenvalue weighted by Crippen LogP contribution is 2.25. The van der Waals surface area contributed by atoms with Crippen molar-refractivity contribution in [2.75, 3.05) is 12.4 Å². The van der Waals surface area contributed by atoms with Crippen molar-refractivity contribution in [2.24, 2.45) is 0 Å². The van der Waals surface area contributed by atoms with Crippen LogP contribution >= 0.6 is 11.3 Å². The van der Waals surface area contributed by atoms with Gasteiger partial charge in [0.1, 0.15) is 5.82 Å². The van der Waals surface area contributed by atoms with Crippen LogP contribution in [0.2, 0.25) is 0 Å². The van der Waals surface area contributed by atoms with Gasteiger partial charge in [0.25, 0.3) is 5.91 Å². The molecule has 0 atom stereocenters. The second kappa shape index (κ2) is 7.01. The van der Waals surface area contributed by atoms with E-state index in [9.17, 15) is 4.79 Å². The Kier molecular flexibility index (Phi) is 4.41. The van der Waals surface area contributed by atoms with Gasteiger partial charge in [-0.05, 0) is 40.8 Å². The summed E-state index contributed by atoms with van der Waals surface area (Å²) in [6, 6.07) is 20.0. The highest BCUT2D eigenvalue weighted by atomic mass is 32.1. The van der Waals surface area contributed by atoms with Crippen LogP contribution in [0.15, 0.2) is 66.0 Å². The van der Waals surface area contributed by atoms with Crippen LogP contribution in [0.4, 0.5) is 5.82 Å². The molecule has 0 aliphatic rings. The molecule has 4 rings (SSSR count). The van der Waals surface area contributed by atoms with E-state index in [4.69, 9.17) is 0 Å². The van der Waals surface area contributed by atoms with Crippen LogP contribution in [0.5, 0.6) is 0 Å². The summed E-state index contributed by atoms with van der Waals surface area (Å²) in [4.78, 5) is 13.6. The Morgan fingerprint density at radius 3 is 2.65 bits per heavy atom. The number of carbonyl (C=O) groups excluding carboxylic acids is 1. The SMILES string of the molecule is CNc1cc(-c2ccccc2)cc2cc(C(=O)NCc3cccs3)nn12. The van der Waals surface area contributed by atoms with Gasteiger partial charge in [-0.3, -0.25) is 4.79 Å². The topological polar surface area (TPSA) is 58.4 Å². The molecular formula is C20H18N4OS. The molecule has 0 unspecified atom stereocenters. The Hall–Kier alpha value is -3.12. The van der Waals surface area contributed by atoms with Crippen LogP contribution in [0.25, 0.3) is 16.6 Å². The number of benzene rings is 1. The van der Waals surface area contributed by atoms with E-state index in [1.807, 2.05) is 61.0 Å². The molecule has 3 heterocycles. The first-order valence-electron chi connectivity index (χ1n) is 8.32. The molecule has 0 radical (unpaired) electrons. The van der Waals surface area contributed by atoms with Gasteiger partial charge in [-0.15, -0.1) is 11.3 Å². The van der Waals surface area contributed by atoms with E-state index in [-0.39, 0.29) is 5.91 Å². The summed E-state index contributed by atoms with van der Waals surface area (Å²) >= 11 is 1.62. The lowest BCUT2D eigenvalue weighted by Crippen LogP contribution is -2.22. The molecule has 6 heteroatoms. The molecule has 0 aliphatic carbocycles. The second-order valence-electron chi connectivity index (χ2n) is 5.87. The summed E-state index contributed by atoms with van der Waals surface area (Å²) in [5.74, 6) is 0.657. The zero-order chi connectivity index (χ0) is 17.9. The van der Waals surface area contributed by atoms with Gasteiger partial charge in [0, 0.05) is 11.9 Å². The molecule has 2 N–H and O–H groups in total. The average Bonchev–Trinajstić information content (AvgIpc) is 3.35. The molecule has 130 valence electrons. The molecule has 0 saturated heterocycles. The number of aromatic nitrogens is 2. The molecule has 0 saturated carbocycles. The van der Waals surface area contributed by atoms with Crippen molar-refractivity contribution in [3.05, 3.63) is 76.6 Å². The number of amides is 1. The quantitative estimate of drug-likeness (QED) is 0.563. The molecular weight excluding hydrogens is 344 g/mol. The lowest BCUT2D eigenvalue weighted by atomic mass is 10.1. The van der Waals surface area contributed by atoms with Crippen molar-refractivity contribution in [2.45, 2.75) is 6.54 Å². The fourth-order valence-electron chi connectivity index (χ4n) is 2.86. The van der Waals surface area contributed by atoms with E-state index in [0.29, 0.717) is 12.2 Å². The molecule has 0 aliphatic heterocycles. The predicted molar refractivity (Wildman–Crippen MR) is 106 cm³/mol. The standard InChI is InChI=1S/C20H18N4OS/c1-21-19-11-15(14-6-3-2-4-7-14)10-16-12-18(23-24(16)19)20(25)22-13-17-8-5-9-26-17/h2-12,21H,13H2,1H3,(H,22,25). The van der Waals surface area contributed by atoms with Crippen molar-refractivity contribution >= 4 is 28.6 Å². The number of nitrogens with zero attached hydrogens (tertiary/aromatic N) is 2. The van der Waals surface area contributed by atoms with Gasteiger partial charge < -0.3 is 10.6 Å². The third kappa shape index (κ3) is 3.19. The molecule has 0 spiro atoms. The monoisotopic (exact) mass is 362 g/mol. The Bertz CT molecular complexity index is 1040. The third-order valence-electron chi connectivity index (χ3n) is 4.16. The van der Waals surface area contributed by atoms with Crippen molar-refractivity contribution in [3.8, 4) is 11.1 Å². The summed E-state index contributed by atoms with van der Waals surface area (Å²) < 4.78 is 1.76. The van der Waals surface area contributed by atoms with Gasteiger partial charge in [0.2, 0.25) is 0 Å². The maximum absolute atomic E-state index is 12.5. The number of hydrogen-bond acceptors (Lipinski definition) is 4. The van der Waals surface area contributed by atoms with Gasteiger partial charge >= 0.3 is 0 Å². The molecule has 1 aromatic carbocycles. The Labute approximate surface area is 155 Å². The molecule has 1 amide bonds. The van der Waals surface area contributed by atoms with E-state index in [1.54, 1.807) is 15.9 Å². The third-order valence-corrected chi connectivity index (χ3v) is 5.04. The van der Waals surface area contributed by atoms with Gasteiger partial charge in [0.05, 0.1) is 12.1 Å². The zero-order valence-corrected chi connectivity index (χ0v) is 15.1. The summed E-state index contributed by atoms with van der Waals surface area (Å²) in [6.07, 6.45) is 0. The number of hydrogen-bond donors (Lipinski definition) is 2. The van der Waals surface area contributed by atoms with Gasteiger partial charge in [-0.1, -0.05) is 36.4 Å². The second-order valence-corrected chi connectivity index (χ2v) is 6.91. The summed E-state index contributed by atoms with van der Waals surface area (Å²) in [5, 5.41) is 12.5. The number of rotatable bonds is 5. The maximum atomic E-state index is 12.5. The zero-order valence-electron chi connectivity index (χ0n) is 14.3. The summed E-state index contributed by atoms with van der Waals surface area (Å²) in [6.45, 7) is 0.512. The van der Waals surface area contributed by atoms with Crippen molar-refractivity contribution in [1.82, 2.24) is 14.9 Å². The molecule has 4 aromatic rings.